The molecule has 0 bridgehead atoms. The van der Waals surface area contributed by atoms with Gasteiger partial charge in [-0.05, 0) is 46.6 Å². The van der Waals surface area contributed by atoms with Gasteiger partial charge in [0, 0.05) is 5.56 Å². The average Bonchev–Trinajstić information content (AvgIpc) is 2.18. The smallest absolute Gasteiger partial charge is 0.217 e. The lowest BCUT2D eigenvalue weighted by Gasteiger charge is -2.27. The number of hydrogen-bond donors (Lipinski definition) is 1. The number of nitrogens with zero attached hydrogens (tertiary/aromatic N) is 1. The Balaban J connectivity index is 3.28. The van der Waals surface area contributed by atoms with Crippen LogP contribution in [-0.4, -0.2) is 17.2 Å². The molecule has 0 fully saturated rings. The molecule has 1 unspecified atom stereocenters. The van der Waals surface area contributed by atoms with Crippen molar-refractivity contribution in [2.45, 2.75) is 33.8 Å². The highest BCUT2D eigenvalue weighted by atomic mass is 127. The molecule has 1 N–H and O–H groups in total. The van der Waals surface area contributed by atoms with E-state index in [1.165, 1.54) is 0 Å². The Morgan fingerprint density at radius 2 is 2.00 bits per heavy atom. The number of pyridine rings is 1. The van der Waals surface area contributed by atoms with E-state index in [2.05, 4.69) is 27.6 Å². The molecule has 3 nitrogen and oxygen atoms in total. The molecule has 1 rings (SSSR count). The van der Waals surface area contributed by atoms with Crippen LogP contribution in [0.4, 0.5) is 0 Å². The third-order valence-corrected chi connectivity index (χ3v) is 3.10. The number of rotatable bonds is 2. The van der Waals surface area contributed by atoms with Crippen molar-refractivity contribution in [3.8, 4) is 5.88 Å². The van der Waals surface area contributed by atoms with E-state index in [9.17, 15) is 5.11 Å². The molecule has 0 saturated heterocycles. The van der Waals surface area contributed by atoms with Gasteiger partial charge in [-0.3, -0.25) is 0 Å². The minimum absolute atomic E-state index is 0.194. The Bertz CT molecular complexity index is 385. The molecule has 0 spiro atoms. The summed E-state index contributed by atoms with van der Waals surface area (Å²) in [4.78, 5) is 4.27. The fourth-order valence-electron chi connectivity index (χ4n) is 1.52. The number of methoxy groups -OCH3 is 1. The second-order valence-electron chi connectivity index (χ2n) is 4.94. The molecular formula is C12H18INO2. The molecule has 16 heavy (non-hydrogen) atoms. The third kappa shape index (κ3) is 2.85. The highest BCUT2D eigenvalue weighted by Crippen LogP contribution is 2.36. The van der Waals surface area contributed by atoms with Gasteiger partial charge < -0.3 is 9.84 Å². The van der Waals surface area contributed by atoms with Crippen LogP contribution in [0.15, 0.2) is 6.07 Å². The van der Waals surface area contributed by atoms with Crippen LogP contribution in [0.1, 0.15) is 38.0 Å². The summed E-state index contributed by atoms with van der Waals surface area (Å²) in [5, 5.41) is 10.3. The second-order valence-corrected chi connectivity index (χ2v) is 6.04. The largest absolute Gasteiger partial charge is 0.481 e. The lowest BCUT2D eigenvalue weighted by atomic mass is 9.83. The number of halogens is 1. The zero-order valence-corrected chi connectivity index (χ0v) is 12.5. The van der Waals surface area contributed by atoms with E-state index >= 15 is 0 Å². The minimum Gasteiger partial charge on any atom is -0.481 e. The summed E-state index contributed by atoms with van der Waals surface area (Å²) in [6.07, 6.45) is -0.516. The summed E-state index contributed by atoms with van der Waals surface area (Å²) in [6, 6.07) is 1.91. The molecule has 0 saturated carbocycles. The van der Waals surface area contributed by atoms with Gasteiger partial charge in [-0.1, -0.05) is 20.8 Å². The van der Waals surface area contributed by atoms with Gasteiger partial charge in [0.1, 0.15) is 3.70 Å². The van der Waals surface area contributed by atoms with Gasteiger partial charge >= 0.3 is 0 Å². The van der Waals surface area contributed by atoms with E-state index < -0.39 is 6.10 Å². The molecule has 0 amide bonds. The van der Waals surface area contributed by atoms with Crippen LogP contribution in [0.5, 0.6) is 5.88 Å². The van der Waals surface area contributed by atoms with Crippen LogP contribution in [0, 0.1) is 16.0 Å². The van der Waals surface area contributed by atoms with E-state index in [0.717, 1.165) is 14.8 Å². The number of aliphatic hydroxyl groups is 1. The normalized spacial score (nSPS) is 13.7. The maximum absolute atomic E-state index is 10.3. The molecule has 0 aliphatic heterocycles. The van der Waals surface area contributed by atoms with E-state index in [-0.39, 0.29) is 5.41 Å². The van der Waals surface area contributed by atoms with Gasteiger partial charge in [-0.15, -0.1) is 0 Å². The first-order valence-electron chi connectivity index (χ1n) is 5.16. The predicted molar refractivity (Wildman–Crippen MR) is 72.7 cm³/mol. The fourth-order valence-corrected chi connectivity index (χ4v) is 2.08. The lowest BCUT2D eigenvalue weighted by Crippen LogP contribution is -2.19. The van der Waals surface area contributed by atoms with Crippen molar-refractivity contribution < 1.29 is 9.84 Å². The summed E-state index contributed by atoms with van der Waals surface area (Å²) < 4.78 is 6.03. The summed E-state index contributed by atoms with van der Waals surface area (Å²) in [5.41, 5.74) is 1.61. The predicted octanol–water partition coefficient (Wildman–Crippen LogP) is 3.08. The average molecular weight is 335 g/mol. The van der Waals surface area contributed by atoms with Crippen LogP contribution in [0.3, 0.4) is 0 Å². The highest BCUT2D eigenvalue weighted by molar-refractivity contribution is 14.1. The van der Waals surface area contributed by atoms with E-state index in [4.69, 9.17) is 4.74 Å². The maximum atomic E-state index is 10.3. The molecule has 90 valence electrons. The SMILES string of the molecule is COc1nc(I)cc(C(O)C(C)(C)C)c1C. The molecule has 4 heteroatoms. The van der Waals surface area contributed by atoms with Crippen molar-refractivity contribution in [2.75, 3.05) is 7.11 Å². The minimum atomic E-state index is -0.516. The van der Waals surface area contributed by atoms with E-state index in [0.29, 0.717) is 5.88 Å². The summed E-state index contributed by atoms with van der Waals surface area (Å²) in [6.45, 7) is 7.96. The van der Waals surface area contributed by atoms with Crippen molar-refractivity contribution in [2.24, 2.45) is 5.41 Å². The van der Waals surface area contributed by atoms with Crippen LogP contribution >= 0.6 is 22.6 Å². The van der Waals surface area contributed by atoms with Crippen molar-refractivity contribution in [1.82, 2.24) is 4.98 Å². The summed E-state index contributed by atoms with van der Waals surface area (Å²) in [5.74, 6) is 0.588. The number of aromatic nitrogens is 1. The zero-order valence-electron chi connectivity index (χ0n) is 10.3. The first kappa shape index (κ1) is 13.7. The molecule has 0 aromatic carbocycles. The van der Waals surface area contributed by atoms with Crippen LogP contribution in [0.2, 0.25) is 0 Å². The van der Waals surface area contributed by atoms with Crippen molar-refractivity contribution >= 4 is 22.6 Å². The van der Waals surface area contributed by atoms with Gasteiger partial charge in [0.15, 0.2) is 0 Å². The monoisotopic (exact) mass is 335 g/mol. The molecular weight excluding hydrogens is 317 g/mol. The standard InChI is InChI=1S/C12H18INO2/c1-7-8(10(15)12(2,3)4)6-9(13)14-11(7)16-5/h6,10,15H,1-5H3. The van der Waals surface area contributed by atoms with Crippen LogP contribution < -0.4 is 4.74 Å². The maximum Gasteiger partial charge on any atom is 0.217 e. The van der Waals surface area contributed by atoms with Crippen molar-refractivity contribution in [3.05, 3.63) is 20.9 Å². The Hall–Kier alpha value is -0.360. The molecule has 0 aliphatic carbocycles. The van der Waals surface area contributed by atoms with Crippen LogP contribution in [-0.2, 0) is 0 Å². The number of hydrogen-bond acceptors (Lipinski definition) is 3. The topological polar surface area (TPSA) is 42.4 Å². The Labute approximate surface area is 110 Å². The quantitative estimate of drug-likeness (QED) is 0.667. The molecule has 0 radical (unpaired) electrons. The van der Waals surface area contributed by atoms with Crippen molar-refractivity contribution in [1.29, 1.82) is 0 Å². The number of ether oxygens (including phenoxy) is 1. The first-order valence-corrected chi connectivity index (χ1v) is 6.24. The second kappa shape index (κ2) is 4.87. The first-order chi connectivity index (χ1) is 7.27. The van der Waals surface area contributed by atoms with E-state index in [1.807, 2.05) is 33.8 Å². The third-order valence-electron chi connectivity index (χ3n) is 2.55. The Kier molecular flexibility index (Phi) is 4.17. The lowest BCUT2D eigenvalue weighted by molar-refractivity contribution is 0.0617. The highest BCUT2D eigenvalue weighted by Gasteiger charge is 2.26. The number of aliphatic hydroxyl groups excluding tert-OH is 1. The Morgan fingerprint density at radius 3 is 2.44 bits per heavy atom. The van der Waals surface area contributed by atoms with Gasteiger partial charge in [0.25, 0.3) is 0 Å². The van der Waals surface area contributed by atoms with E-state index in [1.54, 1.807) is 7.11 Å². The zero-order chi connectivity index (χ0) is 12.5. The van der Waals surface area contributed by atoms with Gasteiger partial charge in [0.2, 0.25) is 5.88 Å². The molecule has 1 heterocycles. The summed E-state index contributed by atoms with van der Waals surface area (Å²) >= 11 is 2.13. The van der Waals surface area contributed by atoms with Gasteiger partial charge in [-0.25, -0.2) is 4.98 Å². The van der Waals surface area contributed by atoms with Crippen LogP contribution in [0.25, 0.3) is 0 Å². The Morgan fingerprint density at radius 1 is 1.44 bits per heavy atom. The fraction of sp³-hybridized carbons (Fsp3) is 0.583. The summed E-state index contributed by atoms with van der Waals surface area (Å²) in [7, 11) is 1.60. The molecule has 1 atom stereocenters. The molecule has 1 aromatic rings. The van der Waals surface area contributed by atoms with Gasteiger partial charge in [-0.2, -0.15) is 0 Å². The van der Waals surface area contributed by atoms with Gasteiger partial charge in [0.05, 0.1) is 13.2 Å². The molecule has 1 aromatic heterocycles. The molecule has 0 aliphatic rings. The van der Waals surface area contributed by atoms with Crippen molar-refractivity contribution in [3.63, 3.8) is 0 Å².